The number of urea groups is 1. The van der Waals surface area contributed by atoms with Crippen LogP contribution in [0.15, 0.2) is 28.8 Å². The molecule has 0 saturated carbocycles. The Hall–Kier alpha value is -2.30. The predicted molar refractivity (Wildman–Crippen MR) is 83.5 cm³/mol. The summed E-state index contributed by atoms with van der Waals surface area (Å²) in [5, 5.41) is 9.86. The molecular formula is C17H21N3O2. The number of carbonyl (C=O) groups excluding carboxylic acids is 1. The van der Waals surface area contributed by atoms with Gasteiger partial charge in [-0.05, 0) is 44.2 Å². The molecular weight excluding hydrogens is 278 g/mol. The van der Waals surface area contributed by atoms with Gasteiger partial charge < -0.3 is 15.2 Å². The molecule has 1 heterocycles. The molecule has 0 saturated heterocycles. The maximum Gasteiger partial charge on any atom is 0.315 e. The van der Waals surface area contributed by atoms with Crippen molar-refractivity contribution in [2.24, 2.45) is 0 Å². The van der Waals surface area contributed by atoms with Crippen LogP contribution in [0.1, 0.15) is 47.0 Å². The van der Waals surface area contributed by atoms with E-state index in [4.69, 9.17) is 4.52 Å². The maximum atomic E-state index is 12.2. The van der Waals surface area contributed by atoms with Crippen molar-refractivity contribution < 1.29 is 9.32 Å². The van der Waals surface area contributed by atoms with E-state index in [1.165, 1.54) is 11.1 Å². The Labute approximate surface area is 130 Å². The van der Waals surface area contributed by atoms with Gasteiger partial charge in [0.25, 0.3) is 0 Å². The highest BCUT2D eigenvalue weighted by molar-refractivity contribution is 5.74. The number of hydrogen-bond acceptors (Lipinski definition) is 3. The average molecular weight is 299 g/mol. The molecule has 22 heavy (non-hydrogen) atoms. The highest BCUT2D eigenvalue weighted by Gasteiger charge is 2.21. The molecule has 0 spiro atoms. The van der Waals surface area contributed by atoms with E-state index in [9.17, 15) is 4.79 Å². The summed E-state index contributed by atoms with van der Waals surface area (Å²) in [7, 11) is 0. The van der Waals surface area contributed by atoms with Crippen LogP contribution >= 0.6 is 0 Å². The fourth-order valence-corrected chi connectivity index (χ4v) is 3.04. The third kappa shape index (κ3) is 2.98. The van der Waals surface area contributed by atoms with Gasteiger partial charge in [0.15, 0.2) is 0 Å². The number of aromatic nitrogens is 1. The monoisotopic (exact) mass is 299 g/mol. The molecule has 0 bridgehead atoms. The molecule has 3 rings (SSSR count). The fraction of sp³-hybridized carbons (Fsp3) is 0.412. The van der Waals surface area contributed by atoms with Crippen molar-refractivity contribution in [3.8, 4) is 0 Å². The zero-order chi connectivity index (χ0) is 15.5. The molecule has 5 heteroatoms. The van der Waals surface area contributed by atoms with Crippen molar-refractivity contribution in [2.75, 3.05) is 0 Å². The van der Waals surface area contributed by atoms with E-state index in [2.05, 4.69) is 34.0 Å². The lowest BCUT2D eigenvalue weighted by atomic mass is 9.88. The fourth-order valence-electron chi connectivity index (χ4n) is 3.04. The Kier molecular flexibility index (Phi) is 4.13. The minimum absolute atomic E-state index is 0.0922. The Bertz CT molecular complexity index is 659. The van der Waals surface area contributed by atoms with E-state index in [0.717, 1.165) is 36.3 Å². The Morgan fingerprint density at radius 1 is 1.36 bits per heavy atom. The molecule has 2 amide bonds. The van der Waals surface area contributed by atoms with Crippen LogP contribution in [-0.2, 0) is 13.0 Å². The summed E-state index contributed by atoms with van der Waals surface area (Å²) in [6.45, 7) is 4.16. The van der Waals surface area contributed by atoms with Gasteiger partial charge in [-0.2, -0.15) is 0 Å². The average Bonchev–Trinajstić information content (AvgIpc) is 2.84. The number of nitrogens with zero attached hydrogens (tertiary/aromatic N) is 1. The normalized spacial score (nSPS) is 16.9. The minimum Gasteiger partial charge on any atom is -0.361 e. The predicted octanol–water partition coefficient (Wildman–Crippen LogP) is 3.17. The minimum atomic E-state index is -0.151. The molecule has 116 valence electrons. The first-order valence-corrected chi connectivity index (χ1v) is 7.69. The lowest BCUT2D eigenvalue weighted by Crippen LogP contribution is -2.38. The van der Waals surface area contributed by atoms with Crippen LogP contribution in [0.4, 0.5) is 4.79 Å². The van der Waals surface area contributed by atoms with E-state index < -0.39 is 0 Å². The molecule has 0 aliphatic heterocycles. The van der Waals surface area contributed by atoms with Crippen molar-refractivity contribution in [2.45, 2.75) is 45.7 Å². The molecule has 1 aromatic heterocycles. The Morgan fingerprint density at radius 2 is 2.18 bits per heavy atom. The highest BCUT2D eigenvalue weighted by Crippen LogP contribution is 2.29. The Balaban J connectivity index is 1.61. The quantitative estimate of drug-likeness (QED) is 0.914. The summed E-state index contributed by atoms with van der Waals surface area (Å²) in [5.41, 5.74) is 4.34. The van der Waals surface area contributed by atoms with E-state index >= 15 is 0 Å². The lowest BCUT2D eigenvalue weighted by Gasteiger charge is -2.26. The summed E-state index contributed by atoms with van der Waals surface area (Å²) in [4.78, 5) is 12.2. The van der Waals surface area contributed by atoms with Crippen molar-refractivity contribution >= 4 is 6.03 Å². The SMILES string of the molecule is Cc1noc(C)c1CNC(=O)NC1CCCc2ccccc21. The van der Waals surface area contributed by atoms with Crippen LogP contribution in [0, 0.1) is 13.8 Å². The van der Waals surface area contributed by atoms with Crippen LogP contribution in [0.25, 0.3) is 0 Å². The van der Waals surface area contributed by atoms with E-state index in [0.29, 0.717) is 6.54 Å². The van der Waals surface area contributed by atoms with Gasteiger partial charge in [0.05, 0.1) is 11.7 Å². The molecule has 2 aromatic rings. The molecule has 1 atom stereocenters. The maximum absolute atomic E-state index is 12.2. The topological polar surface area (TPSA) is 67.2 Å². The van der Waals surface area contributed by atoms with Crippen LogP contribution in [0.2, 0.25) is 0 Å². The number of benzene rings is 1. The lowest BCUT2D eigenvalue weighted by molar-refractivity contribution is 0.235. The summed E-state index contributed by atoms with van der Waals surface area (Å²) >= 11 is 0. The van der Waals surface area contributed by atoms with Gasteiger partial charge in [0.2, 0.25) is 0 Å². The summed E-state index contributed by atoms with van der Waals surface area (Å²) in [6.07, 6.45) is 3.18. The van der Waals surface area contributed by atoms with Crippen molar-refractivity contribution in [1.82, 2.24) is 15.8 Å². The van der Waals surface area contributed by atoms with Crippen LogP contribution in [0.5, 0.6) is 0 Å². The van der Waals surface area contributed by atoms with Gasteiger partial charge >= 0.3 is 6.03 Å². The summed E-state index contributed by atoms with van der Waals surface area (Å²) in [5.74, 6) is 0.751. The standard InChI is InChI=1S/C17H21N3O2/c1-11-15(12(2)22-20-11)10-18-17(21)19-16-9-5-7-13-6-3-4-8-14(13)16/h3-4,6,8,16H,5,7,9-10H2,1-2H3,(H2,18,19,21). The highest BCUT2D eigenvalue weighted by atomic mass is 16.5. The first-order valence-electron chi connectivity index (χ1n) is 7.69. The van der Waals surface area contributed by atoms with E-state index in [-0.39, 0.29) is 12.1 Å². The van der Waals surface area contributed by atoms with E-state index in [1.54, 1.807) is 0 Å². The molecule has 1 aromatic carbocycles. The second-order valence-corrected chi connectivity index (χ2v) is 5.77. The number of carbonyl (C=O) groups is 1. The van der Waals surface area contributed by atoms with E-state index in [1.807, 2.05) is 19.9 Å². The van der Waals surface area contributed by atoms with Gasteiger partial charge in [-0.25, -0.2) is 4.79 Å². The molecule has 1 aliphatic rings. The molecule has 5 nitrogen and oxygen atoms in total. The second-order valence-electron chi connectivity index (χ2n) is 5.77. The van der Waals surface area contributed by atoms with Gasteiger partial charge in [-0.15, -0.1) is 0 Å². The Morgan fingerprint density at radius 3 is 2.95 bits per heavy atom. The zero-order valence-corrected chi connectivity index (χ0v) is 13.0. The second kappa shape index (κ2) is 6.22. The number of hydrogen-bond donors (Lipinski definition) is 2. The number of aryl methyl sites for hydroxylation is 3. The van der Waals surface area contributed by atoms with Crippen LogP contribution in [0.3, 0.4) is 0 Å². The van der Waals surface area contributed by atoms with Crippen molar-refractivity contribution in [3.63, 3.8) is 0 Å². The summed E-state index contributed by atoms with van der Waals surface area (Å²) in [6, 6.07) is 8.27. The van der Waals surface area contributed by atoms with Crippen molar-refractivity contribution in [1.29, 1.82) is 0 Å². The molecule has 1 aliphatic carbocycles. The number of rotatable bonds is 3. The van der Waals surface area contributed by atoms with Gasteiger partial charge in [-0.3, -0.25) is 0 Å². The van der Waals surface area contributed by atoms with Crippen LogP contribution in [-0.4, -0.2) is 11.2 Å². The first-order chi connectivity index (χ1) is 10.6. The molecule has 1 unspecified atom stereocenters. The third-order valence-corrected chi connectivity index (χ3v) is 4.28. The first kappa shape index (κ1) is 14.6. The number of amides is 2. The number of nitrogens with one attached hydrogen (secondary N) is 2. The molecule has 0 radical (unpaired) electrons. The van der Waals surface area contributed by atoms with Gasteiger partial charge in [-0.1, -0.05) is 29.4 Å². The van der Waals surface area contributed by atoms with Crippen molar-refractivity contribution in [3.05, 3.63) is 52.4 Å². The van der Waals surface area contributed by atoms with Gasteiger partial charge in [0, 0.05) is 12.1 Å². The largest absolute Gasteiger partial charge is 0.361 e. The molecule has 2 N–H and O–H groups in total. The molecule has 0 fully saturated rings. The van der Waals surface area contributed by atoms with Gasteiger partial charge in [0.1, 0.15) is 5.76 Å². The third-order valence-electron chi connectivity index (χ3n) is 4.28. The zero-order valence-electron chi connectivity index (χ0n) is 13.0. The smallest absolute Gasteiger partial charge is 0.315 e. The summed E-state index contributed by atoms with van der Waals surface area (Å²) < 4.78 is 5.10. The van der Waals surface area contributed by atoms with Crippen LogP contribution < -0.4 is 10.6 Å². The number of fused-ring (bicyclic) bond motifs is 1.